The fourth-order valence-corrected chi connectivity index (χ4v) is 3.54. The summed E-state index contributed by atoms with van der Waals surface area (Å²) < 4.78 is 5.51. The number of ether oxygens (including phenoxy) is 1. The van der Waals surface area contributed by atoms with Crippen molar-refractivity contribution in [3.63, 3.8) is 0 Å². The van der Waals surface area contributed by atoms with Gasteiger partial charge < -0.3 is 15.0 Å². The molecular weight excluding hydrogens is 236 g/mol. The van der Waals surface area contributed by atoms with Crippen molar-refractivity contribution in [2.24, 2.45) is 10.8 Å². The van der Waals surface area contributed by atoms with Gasteiger partial charge >= 0.3 is 0 Å². The Labute approximate surface area is 115 Å². The van der Waals surface area contributed by atoms with Gasteiger partial charge in [0.25, 0.3) is 0 Å². The van der Waals surface area contributed by atoms with E-state index in [4.69, 9.17) is 4.74 Å². The van der Waals surface area contributed by atoms with Crippen molar-refractivity contribution in [1.82, 2.24) is 5.32 Å². The van der Waals surface area contributed by atoms with Gasteiger partial charge in [0, 0.05) is 42.7 Å². The first-order chi connectivity index (χ1) is 9.06. The number of hydrogen-bond donors (Lipinski definition) is 1. The molecule has 2 atom stereocenters. The fourth-order valence-electron chi connectivity index (χ4n) is 3.54. The van der Waals surface area contributed by atoms with Gasteiger partial charge in [0.1, 0.15) is 5.75 Å². The predicted molar refractivity (Wildman–Crippen MR) is 78.9 cm³/mol. The molecule has 0 aromatic heterocycles. The molecule has 1 aromatic rings. The molecule has 0 saturated carbocycles. The van der Waals surface area contributed by atoms with Crippen LogP contribution in [0.4, 0.5) is 5.69 Å². The molecule has 2 heterocycles. The molecule has 1 N–H and O–H groups in total. The average Bonchev–Trinajstić information content (AvgIpc) is 2.79. The largest absolute Gasteiger partial charge is 0.494 e. The Balaban J connectivity index is 1.78. The van der Waals surface area contributed by atoms with Crippen molar-refractivity contribution >= 4 is 5.69 Å². The Hall–Kier alpha value is -1.22. The first-order valence-electron chi connectivity index (χ1n) is 7.25. The standard InChI is InChI=1S/C16H24N2O/c1-4-19-14-7-5-13(6-8-14)18-11-15(2)9-17-10-16(15,3)12-18/h5-8,17H,4,9-12H2,1-3H3/t15-,16+. The van der Waals surface area contributed by atoms with E-state index in [0.29, 0.717) is 10.8 Å². The van der Waals surface area contributed by atoms with Gasteiger partial charge in [-0.2, -0.15) is 0 Å². The molecule has 2 aliphatic heterocycles. The highest BCUT2D eigenvalue weighted by atomic mass is 16.5. The quantitative estimate of drug-likeness (QED) is 0.904. The number of hydrogen-bond acceptors (Lipinski definition) is 3. The van der Waals surface area contributed by atoms with Crippen molar-refractivity contribution in [1.29, 1.82) is 0 Å². The molecule has 104 valence electrons. The summed E-state index contributed by atoms with van der Waals surface area (Å²) in [5, 5.41) is 3.56. The molecular formula is C16H24N2O. The number of rotatable bonds is 3. The van der Waals surface area contributed by atoms with Gasteiger partial charge in [-0.1, -0.05) is 13.8 Å². The number of nitrogens with zero attached hydrogens (tertiary/aromatic N) is 1. The number of benzene rings is 1. The minimum atomic E-state index is 0.394. The van der Waals surface area contributed by atoms with Crippen molar-refractivity contribution in [3.05, 3.63) is 24.3 Å². The third kappa shape index (κ3) is 2.00. The minimum absolute atomic E-state index is 0.394. The van der Waals surface area contributed by atoms with E-state index >= 15 is 0 Å². The second-order valence-electron chi connectivity index (χ2n) is 6.51. The van der Waals surface area contributed by atoms with Crippen LogP contribution in [0.15, 0.2) is 24.3 Å². The molecule has 2 aliphatic rings. The lowest BCUT2D eigenvalue weighted by atomic mass is 9.71. The molecule has 0 unspecified atom stereocenters. The second-order valence-corrected chi connectivity index (χ2v) is 6.51. The SMILES string of the molecule is CCOc1ccc(N2C[C@]3(C)CNC[C@]3(C)C2)cc1. The molecule has 2 fully saturated rings. The Morgan fingerprint density at radius 3 is 2.21 bits per heavy atom. The molecule has 0 amide bonds. The van der Waals surface area contributed by atoms with Crippen LogP contribution in [-0.4, -0.2) is 32.8 Å². The lowest BCUT2D eigenvalue weighted by Gasteiger charge is -2.30. The molecule has 2 saturated heterocycles. The summed E-state index contributed by atoms with van der Waals surface area (Å²) in [6, 6.07) is 8.53. The number of fused-ring (bicyclic) bond motifs is 1. The molecule has 0 radical (unpaired) electrons. The summed E-state index contributed by atoms with van der Waals surface area (Å²) in [5.41, 5.74) is 2.11. The van der Waals surface area contributed by atoms with E-state index in [1.54, 1.807) is 0 Å². The van der Waals surface area contributed by atoms with Gasteiger partial charge in [-0.3, -0.25) is 0 Å². The summed E-state index contributed by atoms with van der Waals surface area (Å²) in [4.78, 5) is 2.52. The van der Waals surface area contributed by atoms with Gasteiger partial charge in [-0.25, -0.2) is 0 Å². The van der Waals surface area contributed by atoms with Crippen molar-refractivity contribution < 1.29 is 4.74 Å². The Bertz CT molecular complexity index is 440. The monoisotopic (exact) mass is 260 g/mol. The Morgan fingerprint density at radius 1 is 1.11 bits per heavy atom. The van der Waals surface area contributed by atoms with Crippen LogP contribution >= 0.6 is 0 Å². The van der Waals surface area contributed by atoms with Crippen LogP contribution in [0.5, 0.6) is 5.75 Å². The normalized spacial score (nSPS) is 33.5. The van der Waals surface area contributed by atoms with Crippen molar-refractivity contribution in [2.45, 2.75) is 20.8 Å². The zero-order valence-corrected chi connectivity index (χ0v) is 12.2. The maximum Gasteiger partial charge on any atom is 0.119 e. The molecule has 3 nitrogen and oxygen atoms in total. The summed E-state index contributed by atoms with van der Waals surface area (Å²) in [5.74, 6) is 0.963. The minimum Gasteiger partial charge on any atom is -0.494 e. The summed E-state index contributed by atoms with van der Waals surface area (Å²) in [7, 11) is 0. The van der Waals surface area contributed by atoms with Crippen LogP contribution in [0.3, 0.4) is 0 Å². The van der Waals surface area contributed by atoms with Gasteiger partial charge in [0.15, 0.2) is 0 Å². The molecule has 19 heavy (non-hydrogen) atoms. The summed E-state index contributed by atoms with van der Waals surface area (Å²) >= 11 is 0. The van der Waals surface area contributed by atoms with E-state index in [1.807, 2.05) is 6.92 Å². The number of anilines is 1. The van der Waals surface area contributed by atoms with E-state index < -0.39 is 0 Å². The lowest BCUT2D eigenvalue weighted by molar-refractivity contribution is 0.212. The van der Waals surface area contributed by atoms with Crippen LogP contribution in [0.25, 0.3) is 0 Å². The van der Waals surface area contributed by atoms with E-state index in [-0.39, 0.29) is 0 Å². The topological polar surface area (TPSA) is 24.5 Å². The smallest absolute Gasteiger partial charge is 0.119 e. The first-order valence-corrected chi connectivity index (χ1v) is 7.25. The molecule has 0 bridgehead atoms. The van der Waals surface area contributed by atoms with Gasteiger partial charge in [0.2, 0.25) is 0 Å². The van der Waals surface area contributed by atoms with E-state index in [0.717, 1.165) is 38.5 Å². The van der Waals surface area contributed by atoms with Gasteiger partial charge in [-0.05, 0) is 31.2 Å². The fraction of sp³-hybridized carbons (Fsp3) is 0.625. The maximum absolute atomic E-state index is 5.51. The first kappa shape index (κ1) is 12.8. The predicted octanol–water partition coefficient (Wildman–Crippen LogP) is 2.52. The van der Waals surface area contributed by atoms with Gasteiger partial charge in [-0.15, -0.1) is 0 Å². The highest BCUT2D eigenvalue weighted by Crippen LogP contribution is 2.49. The van der Waals surface area contributed by atoms with E-state index in [9.17, 15) is 0 Å². The lowest BCUT2D eigenvalue weighted by Crippen LogP contribution is -2.34. The highest BCUT2D eigenvalue weighted by Gasteiger charge is 2.54. The highest BCUT2D eigenvalue weighted by molar-refractivity contribution is 5.51. The van der Waals surface area contributed by atoms with Crippen LogP contribution in [-0.2, 0) is 0 Å². The molecule has 3 heteroatoms. The van der Waals surface area contributed by atoms with E-state index in [2.05, 4.69) is 48.3 Å². The van der Waals surface area contributed by atoms with Crippen LogP contribution < -0.4 is 15.0 Å². The molecule has 1 aromatic carbocycles. The molecule has 0 spiro atoms. The van der Waals surface area contributed by atoms with E-state index in [1.165, 1.54) is 5.69 Å². The summed E-state index contributed by atoms with van der Waals surface area (Å²) in [6.07, 6.45) is 0. The van der Waals surface area contributed by atoms with Crippen LogP contribution in [0, 0.1) is 10.8 Å². The third-order valence-corrected chi connectivity index (χ3v) is 5.08. The third-order valence-electron chi connectivity index (χ3n) is 5.08. The zero-order valence-electron chi connectivity index (χ0n) is 12.2. The van der Waals surface area contributed by atoms with Gasteiger partial charge in [0.05, 0.1) is 6.61 Å². The van der Waals surface area contributed by atoms with Crippen molar-refractivity contribution in [3.8, 4) is 5.75 Å². The maximum atomic E-state index is 5.51. The zero-order chi connectivity index (χ0) is 13.5. The second kappa shape index (κ2) is 4.41. The Kier molecular flexibility index (Phi) is 2.97. The molecule has 0 aliphatic carbocycles. The van der Waals surface area contributed by atoms with Crippen molar-refractivity contribution in [2.75, 3.05) is 37.7 Å². The Morgan fingerprint density at radius 2 is 1.68 bits per heavy atom. The molecule has 3 rings (SSSR count). The van der Waals surface area contributed by atoms with Crippen LogP contribution in [0.1, 0.15) is 20.8 Å². The van der Waals surface area contributed by atoms with Crippen LogP contribution in [0.2, 0.25) is 0 Å². The average molecular weight is 260 g/mol. The summed E-state index contributed by atoms with van der Waals surface area (Å²) in [6.45, 7) is 12.1. The number of nitrogens with one attached hydrogen (secondary N) is 1.